The first kappa shape index (κ1) is 20.5. The van der Waals surface area contributed by atoms with Crippen LogP contribution >= 0.6 is 0 Å². The summed E-state index contributed by atoms with van der Waals surface area (Å²) in [6, 6.07) is 13.6. The molecular weight excluding hydrogens is 360 g/mol. The van der Waals surface area contributed by atoms with Crippen molar-refractivity contribution in [1.29, 1.82) is 0 Å². The summed E-state index contributed by atoms with van der Waals surface area (Å²) in [5, 5.41) is 59.7. The lowest BCUT2D eigenvalue weighted by molar-refractivity contribution is -0.112. The minimum Gasteiger partial charge on any atom is -0.509 e. The molecule has 3 rings (SSSR count). The third-order valence-electron chi connectivity index (χ3n) is 5.28. The second-order valence-electron chi connectivity index (χ2n) is 7.41. The monoisotopic (exact) mass is 386 g/mol. The van der Waals surface area contributed by atoms with E-state index in [2.05, 4.69) is 0 Å². The average molecular weight is 386 g/mol. The summed E-state index contributed by atoms with van der Waals surface area (Å²) in [6.45, 7) is 3.16. The Hall–Kier alpha value is -2.22. The number of hydrogen-bond acceptors (Lipinski definition) is 6. The first-order valence-electron chi connectivity index (χ1n) is 9.19. The zero-order chi connectivity index (χ0) is 20.6. The van der Waals surface area contributed by atoms with E-state index in [4.69, 9.17) is 5.11 Å². The van der Waals surface area contributed by atoms with Crippen LogP contribution in [0, 0.1) is 13.8 Å². The molecule has 6 nitrogen and oxygen atoms in total. The minimum absolute atomic E-state index is 0.281. The van der Waals surface area contributed by atoms with Gasteiger partial charge in [-0.2, -0.15) is 0 Å². The molecule has 0 saturated carbocycles. The highest BCUT2D eigenvalue weighted by atomic mass is 16.4. The van der Waals surface area contributed by atoms with E-state index in [1.54, 1.807) is 0 Å². The zero-order valence-electron chi connectivity index (χ0n) is 15.8. The first-order valence-corrected chi connectivity index (χ1v) is 9.19. The summed E-state index contributed by atoms with van der Waals surface area (Å²) in [4.78, 5) is 0. The number of aliphatic hydroxyl groups is 6. The molecule has 28 heavy (non-hydrogen) atoms. The molecule has 6 N–H and O–H groups in total. The lowest BCUT2D eigenvalue weighted by Crippen LogP contribution is -2.47. The standard InChI is InChI=1S/C22H26O6/c1-11-4-3-5-13(8-11)17-15-9-12(2)6-7-14(15)18(17)20(26)22(28)21(27)19(25)16(24)10-23/h3-9,16-17,19,21-28H,10H2,1-2H3/t16-,17?,19-,21+,22+/m1/s1. The van der Waals surface area contributed by atoms with Gasteiger partial charge in [-0.25, -0.2) is 0 Å². The van der Waals surface area contributed by atoms with Gasteiger partial charge in [0.1, 0.15) is 30.2 Å². The van der Waals surface area contributed by atoms with Gasteiger partial charge in [0.25, 0.3) is 0 Å². The number of hydrogen-bond donors (Lipinski definition) is 6. The van der Waals surface area contributed by atoms with E-state index in [9.17, 15) is 25.5 Å². The van der Waals surface area contributed by atoms with E-state index >= 15 is 0 Å². The van der Waals surface area contributed by atoms with Gasteiger partial charge in [-0.05, 0) is 30.5 Å². The van der Waals surface area contributed by atoms with Crippen LogP contribution < -0.4 is 0 Å². The second-order valence-corrected chi connectivity index (χ2v) is 7.41. The number of benzene rings is 2. The number of allylic oxidation sites excluding steroid dienone is 1. The van der Waals surface area contributed by atoms with Gasteiger partial charge in [0.2, 0.25) is 0 Å². The molecule has 150 valence electrons. The van der Waals surface area contributed by atoms with Gasteiger partial charge in [-0.1, -0.05) is 53.6 Å². The number of fused-ring (bicyclic) bond motifs is 1. The molecule has 0 heterocycles. The average Bonchev–Trinajstić information content (AvgIpc) is 2.67. The molecule has 0 saturated heterocycles. The molecule has 0 fully saturated rings. The SMILES string of the molecule is Cc1cccc(C2C(=C(O)[C@H](O)[C@@H](O)[C@H](O)[C@H](O)CO)c3ccc(C)cc32)c1. The van der Waals surface area contributed by atoms with Gasteiger partial charge in [-0.15, -0.1) is 0 Å². The van der Waals surface area contributed by atoms with E-state index in [1.165, 1.54) is 0 Å². The van der Waals surface area contributed by atoms with Crippen molar-refractivity contribution < 1.29 is 30.6 Å². The molecule has 1 aliphatic rings. The Bertz CT molecular complexity index is 890. The lowest BCUT2D eigenvalue weighted by Gasteiger charge is -2.37. The Labute approximate surface area is 163 Å². The molecule has 0 bridgehead atoms. The Morgan fingerprint density at radius 1 is 0.929 bits per heavy atom. The molecule has 5 atom stereocenters. The molecule has 0 aliphatic heterocycles. The Balaban J connectivity index is 2.05. The van der Waals surface area contributed by atoms with Gasteiger partial charge in [0.05, 0.1) is 6.61 Å². The van der Waals surface area contributed by atoms with Crippen molar-refractivity contribution in [3.63, 3.8) is 0 Å². The van der Waals surface area contributed by atoms with Crippen molar-refractivity contribution in [1.82, 2.24) is 0 Å². The van der Waals surface area contributed by atoms with Crippen LogP contribution in [0.4, 0.5) is 0 Å². The van der Waals surface area contributed by atoms with Crippen molar-refractivity contribution in [2.45, 2.75) is 44.2 Å². The second kappa shape index (κ2) is 8.03. The number of aryl methyl sites for hydroxylation is 2. The fraction of sp³-hybridized carbons (Fsp3) is 0.364. The van der Waals surface area contributed by atoms with E-state index < -0.39 is 36.8 Å². The zero-order valence-corrected chi connectivity index (χ0v) is 15.8. The van der Waals surface area contributed by atoms with Gasteiger partial charge >= 0.3 is 0 Å². The van der Waals surface area contributed by atoms with E-state index in [0.717, 1.165) is 27.8 Å². The largest absolute Gasteiger partial charge is 0.509 e. The van der Waals surface area contributed by atoms with Crippen LogP contribution in [0.15, 0.2) is 48.2 Å². The fourth-order valence-corrected chi connectivity index (χ4v) is 3.72. The summed E-state index contributed by atoms with van der Waals surface area (Å²) in [6.07, 6.45) is -7.11. The van der Waals surface area contributed by atoms with Crippen LogP contribution in [0.1, 0.15) is 33.7 Å². The predicted molar refractivity (Wildman–Crippen MR) is 105 cm³/mol. The molecule has 1 aliphatic carbocycles. The topological polar surface area (TPSA) is 121 Å². The Morgan fingerprint density at radius 2 is 1.61 bits per heavy atom. The maximum Gasteiger partial charge on any atom is 0.139 e. The summed E-state index contributed by atoms with van der Waals surface area (Å²) in [5.74, 6) is -0.740. The first-order chi connectivity index (χ1) is 13.3. The van der Waals surface area contributed by atoms with Gasteiger partial charge in [0.15, 0.2) is 0 Å². The number of rotatable bonds is 6. The lowest BCUT2D eigenvalue weighted by atomic mass is 9.67. The highest BCUT2D eigenvalue weighted by molar-refractivity contribution is 5.88. The molecule has 2 aromatic carbocycles. The normalized spacial score (nSPS) is 21.9. The van der Waals surface area contributed by atoms with Crippen LogP contribution in [-0.2, 0) is 0 Å². The van der Waals surface area contributed by atoms with Gasteiger partial charge in [0, 0.05) is 11.5 Å². The summed E-state index contributed by atoms with van der Waals surface area (Å²) >= 11 is 0. The van der Waals surface area contributed by atoms with Crippen LogP contribution in [0.25, 0.3) is 5.57 Å². The molecule has 2 aromatic rings. The highest BCUT2D eigenvalue weighted by Crippen LogP contribution is 2.52. The molecule has 0 aromatic heterocycles. The van der Waals surface area contributed by atoms with Crippen molar-refractivity contribution in [3.8, 4) is 0 Å². The van der Waals surface area contributed by atoms with E-state index in [1.807, 2.05) is 56.3 Å². The van der Waals surface area contributed by atoms with Crippen molar-refractivity contribution in [2.24, 2.45) is 0 Å². The third-order valence-corrected chi connectivity index (χ3v) is 5.28. The fourth-order valence-electron chi connectivity index (χ4n) is 3.72. The van der Waals surface area contributed by atoms with Crippen LogP contribution in [0.5, 0.6) is 0 Å². The molecule has 0 spiro atoms. The highest BCUT2D eigenvalue weighted by Gasteiger charge is 2.40. The maximum atomic E-state index is 10.7. The van der Waals surface area contributed by atoms with Crippen LogP contribution in [-0.4, -0.2) is 61.7 Å². The predicted octanol–water partition coefficient (Wildman–Crippen LogP) is 1.15. The smallest absolute Gasteiger partial charge is 0.139 e. The van der Waals surface area contributed by atoms with E-state index in [0.29, 0.717) is 5.57 Å². The van der Waals surface area contributed by atoms with Crippen LogP contribution in [0.3, 0.4) is 0 Å². The van der Waals surface area contributed by atoms with Gasteiger partial charge < -0.3 is 30.6 Å². The number of aliphatic hydroxyl groups excluding tert-OH is 6. The van der Waals surface area contributed by atoms with Crippen molar-refractivity contribution in [2.75, 3.05) is 6.61 Å². The molecular formula is C22H26O6. The third kappa shape index (κ3) is 3.57. The summed E-state index contributed by atoms with van der Waals surface area (Å²) < 4.78 is 0. The molecule has 0 radical (unpaired) electrons. The summed E-state index contributed by atoms with van der Waals surface area (Å²) in [5.41, 5.74) is 5.30. The molecule has 1 unspecified atom stereocenters. The van der Waals surface area contributed by atoms with E-state index in [-0.39, 0.29) is 5.92 Å². The Morgan fingerprint density at radius 3 is 2.25 bits per heavy atom. The van der Waals surface area contributed by atoms with Crippen molar-refractivity contribution >= 4 is 5.57 Å². The quantitative estimate of drug-likeness (QED) is 0.414. The Kier molecular flexibility index (Phi) is 5.88. The summed E-state index contributed by atoms with van der Waals surface area (Å²) in [7, 11) is 0. The van der Waals surface area contributed by atoms with Gasteiger partial charge in [-0.3, -0.25) is 0 Å². The molecule has 0 amide bonds. The van der Waals surface area contributed by atoms with Crippen LogP contribution in [0.2, 0.25) is 0 Å². The minimum atomic E-state index is -1.86. The van der Waals surface area contributed by atoms with Crippen molar-refractivity contribution in [3.05, 3.63) is 76.0 Å². The maximum absolute atomic E-state index is 10.7. The molecule has 6 heteroatoms.